The zero-order valence-electron chi connectivity index (χ0n) is 7.16. The summed E-state index contributed by atoms with van der Waals surface area (Å²) in [4.78, 5) is 2.13. The van der Waals surface area contributed by atoms with Crippen LogP contribution in [-0.2, 0) is 0 Å². The molecule has 76 valence electrons. The van der Waals surface area contributed by atoms with Crippen molar-refractivity contribution in [2.75, 3.05) is 27.2 Å². The van der Waals surface area contributed by atoms with Gasteiger partial charge < -0.3 is 10.6 Å². The molecule has 0 heterocycles. The monoisotopic (exact) mass is 730 g/mol. The van der Waals surface area contributed by atoms with Crippen LogP contribution >= 0.6 is 74.5 Å². The first-order chi connectivity index (χ1) is 5.27. The molecular formula is C5H14I4N2Sn. The topological polar surface area (TPSA) is 29.3 Å². The van der Waals surface area contributed by atoms with Crippen LogP contribution in [-0.4, -0.2) is 34.6 Å². The Kier molecular flexibility index (Phi) is 16.7. The minimum atomic E-state index is -1.30. The number of nitrogens with two attached hydrogens (primary N) is 1. The first kappa shape index (κ1) is 18.0. The van der Waals surface area contributed by atoms with Crippen molar-refractivity contribution in [3.05, 3.63) is 0 Å². The van der Waals surface area contributed by atoms with Gasteiger partial charge in [0.15, 0.2) is 0 Å². The molecule has 0 spiro atoms. The summed E-state index contributed by atoms with van der Waals surface area (Å²) in [6, 6.07) is 0. The van der Waals surface area contributed by atoms with E-state index in [9.17, 15) is 0 Å². The molecule has 2 nitrogen and oxygen atoms in total. The Labute approximate surface area is 118 Å². The maximum absolute atomic E-state index is 5.25. The van der Waals surface area contributed by atoms with E-state index in [0.29, 0.717) is 0 Å². The molecule has 0 amide bonds. The van der Waals surface area contributed by atoms with Gasteiger partial charge in [0.25, 0.3) is 0 Å². The van der Waals surface area contributed by atoms with E-state index in [0.717, 1.165) is 19.5 Å². The Morgan fingerprint density at radius 2 is 1.50 bits per heavy atom. The molecule has 0 aromatic carbocycles. The molecule has 0 saturated carbocycles. The summed E-state index contributed by atoms with van der Waals surface area (Å²) >= 11 is 10.2. The predicted molar refractivity (Wildman–Crippen MR) is 94.1 cm³/mol. The van der Waals surface area contributed by atoms with Crippen molar-refractivity contribution >= 4 is 77.0 Å². The first-order valence-electron chi connectivity index (χ1n) is 3.37. The van der Waals surface area contributed by atoms with Crippen molar-refractivity contribution < 1.29 is 0 Å². The van der Waals surface area contributed by atoms with Crippen molar-refractivity contribution in [1.82, 2.24) is 4.90 Å². The summed E-state index contributed by atoms with van der Waals surface area (Å²) in [5, 5.41) is 0. The molecule has 7 heteroatoms. The molecule has 0 atom stereocenters. The van der Waals surface area contributed by atoms with E-state index < -0.39 is 2.50 Å². The van der Waals surface area contributed by atoms with Gasteiger partial charge in [-0.15, -0.1) is 0 Å². The fourth-order valence-corrected chi connectivity index (χ4v) is 0.408. The van der Waals surface area contributed by atoms with E-state index >= 15 is 0 Å². The van der Waals surface area contributed by atoms with Gasteiger partial charge >= 0.3 is 77.0 Å². The quantitative estimate of drug-likeness (QED) is 0.358. The van der Waals surface area contributed by atoms with Gasteiger partial charge in [0.2, 0.25) is 0 Å². The van der Waals surface area contributed by atoms with Crippen LogP contribution in [0.5, 0.6) is 0 Å². The summed E-state index contributed by atoms with van der Waals surface area (Å²) in [5.41, 5.74) is 5.25. The number of rotatable bonds is 3. The second-order valence-electron chi connectivity index (χ2n) is 2.37. The van der Waals surface area contributed by atoms with Crippen molar-refractivity contribution in [3.8, 4) is 0 Å². The van der Waals surface area contributed by atoms with E-state index in [4.69, 9.17) is 5.73 Å². The fraction of sp³-hybridized carbons (Fsp3) is 1.00. The second-order valence-corrected chi connectivity index (χ2v) is 131. The molecule has 0 radical (unpaired) electrons. The van der Waals surface area contributed by atoms with Crippen molar-refractivity contribution in [1.29, 1.82) is 0 Å². The van der Waals surface area contributed by atoms with Crippen LogP contribution in [0.3, 0.4) is 0 Å². The zero-order chi connectivity index (χ0) is 10.2. The number of nitrogens with zero attached hydrogens (tertiary/aromatic N) is 1. The molecule has 0 rings (SSSR count). The summed E-state index contributed by atoms with van der Waals surface area (Å²) in [7, 11) is 4.10. The molecule has 12 heavy (non-hydrogen) atoms. The van der Waals surface area contributed by atoms with Crippen molar-refractivity contribution in [2.45, 2.75) is 6.42 Å². The van der Waals surface area contributed by atoms with Crippen LogP contribution in [0.4, 0.5) is 0 Å². The van der Waals surface area contributed by atoms with Gasteiger partial charge in [0, 0.05) is 0 Å². The minimum absolute atomic E-state index is 0.804. The Morgan fingerprint density at radius 1 is 1.17 bits per heavy atom. The van der Waals surface area contributed by atoms with E-state index in [2.05, 4.69) is 93.5 Å². The van der Waals surface area contributed by atoms with Gasteiger partial charge in [-0.2, -0.15) is 0 Å². The Morgan fingerprint density at radius 3 is 1.58 bits per heavy atom. The third-order valence-electron chi connectivity index (χ3n) is 0.809. The van der Waals surface area contributed by atoms with E-state index in [1.807, 2.05) is 0 Å². The summed E-state index contributed by atoms with van der Waals surface area (Å²) in [6.07, 6.45) is 1.10. The molecule has 0 aromatic rings. The maximum atomic E-state index is 5.25. The van der Waals surface area contributed by atoms with E-state index in [1.54, 1.807) is 0 Å². The molecule has 0 fully saturated rings. The van der Waals surface area contributed by atoms with Gasteiger partial charge in [-0.05, 0) is 33.6 Å². The predicted octanol–water partition coefficient (Wildman–Crippen LogP) is 3.06. The van der Waals surface area contributed by atoms with Crippen LogP contribution in [0.2, 0.25) is 0 Å². The van der Waals surface area contributed by atoms with Crippen molar-refractivity contribution in [2.24, 2.45) is 5.73 Å². The zero-order valence-corrected chi connectivity index (χ0v) is 18.6. The Hall–Kier alpha value is 3.64. The first-order valence-corrected chi connectivity index (χ1v) is 36.6. The van der Waals surface area contributed by atoms with Crippen LogP contribution in [0.25, 0.3) is 0 Å². The van der Waals surface area contributed by atoms with E-state index in [1.165, 1.54) is 0 Å². The molecule has 0 aliphatic heterocycles. The van der Waals surface area contributed by atoms with Gasteiger partial charge in [-0.3, -0.25) is 0 Å². The third kappa shape index (κ3) is 37.3. The molecule has 0 aliphatic rings. The van der Waals surface area contributed by atoms with Crippen LogP contribution < -0.4 is 5.73 Å². The Bertz CT molecular complexity index is 89.9. The van der Waals surface area contributed by atoms with Gasteiger partial charge in [-0.25, -0.2) is 0 Å². The average Bonchev–Trinajstić information content (AvgIpc) is 1.79. The van der Waals surface area contributed by atoms with E-state index in [-0.39, 0.29) is 0 Å². The molecular weight excluding hydrogens is 714 g/mol. The van der Waals surface area contributed by atoms with Crippen LogP contribution in [0, 0.1) is 0 Å². The fourth-order valence-electron chi connectivity index (χ4n) is 0.408. The van der Waals surface area contributed by atoms with Crippen molar-refractivity contribution in [3.63, 3.8) is 0 Å². The SMILES string of the molecule is CN(C)CCCN.[I][Sn]([I])([I])[I]. The summed E-state index contributed by atoms with van der Waals surface area (Å²) in [6.45, 7) is 1.91. The number of halogens is 4. The van der Waals surface area contributed by atoms with Gasteiger partial charge in [0.05, 0.1) is 0 Å². The van der Waals surface area contributed by atoms with Gasteiger partial charge in [0.1, 0.15) is 0 Å². The standard InChI is InChI=1S/C5H14N2.4HI.Sn/c1-7(2)5-3-4-6;;;;;/h3-6H2,1-2H3;4*1H;/q;;;;;+4/p-4. The molecule has 0 bridgehead atoms. The summed E-state index contributed by atoms with van der Waals surface area (Å²) < 4.78 is -1.30. The Balaban J connectivity index is 0. The molecule has 2 N–H and O–H groups in total. The summed E-state index contributed by atoms with van der Waals surface area (Å²) in [5.74, 6) is 0. The number of hydrogen-bond acceptors (Lipinski definition) is 2. The molecule has 0 aromatic heterocycles. The molecule has 0 aliphatic carbocycles. The molecule has 0 unspecified atom stereocenters. The molecule has 0 saturated heterocycles. The number of hydrogen-bond donors (Lipinski definition) is 1. The normalized spacial score (nSPS) is 11.0. The van der Waals surface area contributed by atoms with Crippen LogP contribution in [0.1, 0.15) is 6.42 Å². The van der Waals surface area contributed by atoms with Crippen LogP contribution in [0.15, 0.2) is 0 Å². The second kappa shape index (κ2) is 11.1. The third-order valence-corrected chi connectivity index (χ3v) is 0.809. The average molecular weight is 729 g/mol. The van der Waals surface area contributed by atoms with Gasteiger partial charge in [-0.1, -0.05) is 0 Å².